The average Bonchev–Trinajstić information content (AvgIpc) is 2.06. The summed E-state index contributed by atoms with van der Waals surface area (Å²) in [5, 5.41) is 0. The molecule has 2 saturated heterocycles. The first-order valence-corrected chi connectivity index (χ1v) is 4.69. The maximum atomic E-state index is 4.02. The quantitative estimate of drug-likeness (QED) is 0.556. The number of hydrogen-bond donors (Lipinski definition) is 0. The summed E-state index contributed by atoms with van der Waals surface area (Å²) in [7, 11) is 0. The summed E-state index contributed by atoms with van der Waals surface area (Å²) < 4.78 is 0. The summed E-state index contributed by atoms with van der Waals surface area (Å²) in [5.41, 5.74) is 1.28. The van der Waals surface area contributed by atoms with Gasteiger partial charge in [-0.25, -0.2) is 0 Å². The minimum atomic E-state index is 0.845. The SMILES string of the molecule is C=C(C)N1CC2CCC1CC2. The van der Waals surface area contributed by atoms with Crippen LogP contribution in [-0.2, 0) is 0 Å². The van der Waals surface area contributed by atoms with Crippen molar-refractivity contribution in [3.63, 3.8) is 0 Å². The molecule has 0 amide bonds. The zero-order valence-electron chi connectivity index (χ0n) is 7.34. The van der Waals surface area contributed by atoms with Crippen LogP contribution < -0.4 is 0 Å². The number of hydrogen-bond acceptors (Lipinski definition) is 1. The standard InChI is InChI=1S/C10H17N/c1-8(2)11-7-9-3-5-10(11)6-4-9/h9-10H,1,3-7H2,2H3. The molecule has 0 aromatic carbocycles. The number of piperidine rings is 2. The molecule has 1 nitrogen and oxygen atoms in total. The van der Waals surface area contributed by atoms with Gasteiger partial charge >= 0.3 is 0 Å². The monoisotopic (exact) mass is 151 g/mol. The zero-order valence-corrected chi connectivity index (χ0v) is 7.34. The Labute approximate surface area is 69.1 Å². The molecular weight excluding hydrogens is 134 g/mol. The van der Waals surface area contributed by atoms with Crippen molar-refractivity contribution in [1.29, 1.82) is 0 Å². The van der Waals surface area contributed by atoms with Gasteiger partial charge in [0.05, 0.1) is 0 Å². The van der Waals surface area contributed by atoms with Gasteiger partial charge in [0, 0.05) is 18.3 Å². The molecule has 11 heavy (non-hydrogen) atoms. The maximum Gasteiger partial charge on any atom is 0.0286 e. The van der Waals surface area contributed by atoms with Crippen LogP contribution in [0.5, 0.6) is 0 Å². The number of nitrogens with zero attached hydrogens (tertiary/aromatic N) is 1. The molecular formula is C10H17N. The second-order valence-electron chi connectivity index (χ2n) is 4.06. The van der Waals surface area contributed by atoms with E-state index in [1.54, 1.807) is 0 Å². The van der Waals surface area contributed by atoms with Crippen molar-refractivity contribution in [2.24, 2.45) is 5.92 Å². The second-order valence-corrected chi connectivity index (χ2v) is 4.06. The Hall–Kier alpha value is -0.460. The van der Waals surface area contributed by atoms with E-state index >= 15 is 0 Å². The van der Waals surface area contributed by atoms with Crippen molar-refractivity contribution in [2.75, 3.05) is 6.54 Å². The van der Waals surface area contributed by atoms with E-state index in [4.69, 9.17) is 0 Å². The zero-order chi connectivity index (χ0) is 7.84. The van der Waals surface area contributed by atoms with Crippen molar-refractivity contribution in [3.05, 3.63) is 12.3 Å². The lowest BCUT2D eigenvalue weighted by Crippen LogP contribution is -2.46. The summed E-state index contributed by atoms with van der Waals surface area (Å²) in [6.07, 6.45) is 5.76. The summed E-state index contributed by atoms with van der Waals surface area (Å²) in [4.78, 5) is 2.51. The molecule has 3 aliphatic rings. The molecule has 3 rings (SSSR count). The normalized spacial score (nSPS) is 35.9. The lowest BCUT2D eigenvalue weighted by Gasteiger charge is -2.46. The van der Waals surface area contributed by atoms with Crippen LogP contribution in [0.4, 0.5) is 0 Å². The van der Waals surface area contributed by atoms with Crippen LogP contribution >= 0.6 is 0 Å². The molecule has 1 heteroatoms. The van der Waals surface area contributed by atoms with Gasteiger partial charge in [-0.15, -0.1) is 0 Å². The van der Waals surface area contributed by atoms with Gasteiger partial charge in [-0.3, -0.25) is 0 Å². The van der Waals surface area contributed by atoms with E-state index in [1.165, 1.54) is 37.9 Å². The van der Waals surface area contributed by atoms with Crippen LogP contribution in [-0.4, -0.2) is 17.5 Å². The highest BCUT2D eigenvalue weighted by Crippen LogP contribution is 2.36. The van der Waals surface area contributed by atoms with Crippen LogP contribution in [0.2, 0.25) is 0 Å². The largest absolute Gasteiger partial charge is 0.372 e. The summed E-state index contributed by atoms with van der Waals surface area (Å²) >= 11 is 0. The Bertz CT molecular complexity index is 166. The van der Waals surface area contributed by atoms with Crippen LogP contribution in [0.1, 0.15) is 32.6 Å². The third-order valence-corrected chi connectivity index (χ3v) is 3.20. The van der Waals surface area contributed by atoms with E-state index in [-0.39, 0.29) is 0 Å². The minimum absolute atomic E-state index is 0.845. The molecule has 62 valence electrons. The van der Waals surface area contributed by atoms with E-state index in [9.17, 15) is 0 Å². The predicted octanol–water partition coefficient (Wildman–Crippen LogP) is 2.39. The summed E-state index contributed by atoms with van der Waals surface area (Å²) in [6.45, 7) is 7.45. The van der Waals surface area contributed by atoms with E-state index in [1.807, 2.05) is 0 Å². The number of rotatable bonds is 1. The third kappa shape index (κ3) is 1.17. The molecule has 1 saturated carbocycles. The highest BCUT2D eigenvalue weighted by Gasteiger charge is 2.32. The summed E-state index contributed by atoms with van der Waals surface area (Å²) in [6, 6.07) is 0.845. The van der Waals surface area contributed by atoms with Crippen molar-refractivity contribution >= 4 is 0 Å². The maximum absolute atomic E-state index is 4.02. The molecule has 0 aromatic heterocycles. The van der Waals surface area contributed by atoms with Gasteiger partial charge in [0.25, 0.3) is 0 Å². The molecule has 3 fully saturated rings. The van der Waals surface area contributed by atoms with Gasteiger partial charge in [-0.2, -0.15) is 0 Å². The first kappa shape index (κ1) is 7.20. The number of fused-ring (bicyclic) bond motifs is 3. The molecule has 2 aliphatic heterocycles. The molecule has 0 spiro atoms. The minimum Gasteiger partial charge on any atom is -0.372 e. The smallest absolute Gasteiger partial charge is 0.0286 e. The van der Waals surface area contributed by atoms with Crippen LogP contribution in [0.25, 0.3) is 0 Å². The van der Waals surface area contributed by atoms with Crippen LogP contribution in [0, 0.1) is 5.92 Å². The van der Waals surface area contributed by atoms with E-state index in [0.29, 0.717) is 0 Å². The van der Waals surface area contributed by atoms with Crippen molar-refractivity contribution < 1.29 is 0 Å². The van der Waals surface area contributed by atoms with E-state index < -0.39 is 0 Å². The second kappa shape index (κ2) is 2.54. The Morgan fingerprint density at radius 1 is 1.27 bits per heavy atom. The molecule has 0 unspecified atom stereocenters. The van der Waals surface area contributed by atoms with Crippen molar-refractivity contribution in [1.82, 2.24) is 4.90 Å². The van der Waals surface area contributed by atoms with Gasteiger partial charge in [0.2, 0.25) is 0 Å². The van der Waals surface area contributed by atoms with Gasteiger partial charge in [-0.05, 0) is 38.5 Å². The highest BCUT2D eigenvalue weighted by molar-refractivity contribution is 4.99. The molecule has 2 bridgehead atoms. The van der Waals surface area contributed by atoms with E-state index in [0.717, 1.165) is 12.0 Å². The molecule has 2 heterocycles. The fourth-order valence-electron chi connectivity index (χ4n) is 2.53. The molecule has 0 atom stereocenters. The lowest BCUT2D eigenvalue weighted by atomic mass is 9.80. The number of allylic oxidation sites excluding steroid dienone is 1. The highest BCUT2D eigenvalue weighted by atomic mass is 15.2. The fraction of sp³-hybridized carbons (Fsp3) is 0.800. The van der Waals surface area contributed by atoms with Gasteiger partial charge in [0.15, 0.2) is 0 Å². The van der Waals surface area contributed by atoms with Crippen molar-refractivity contribution in [3.8, 4) is 0 Å². The van der Waals surface area contributed by atoms with Crippen molar-refractivity contribution in [2.45, 2.75) is 38.6 Å². The first-order chi connectivity index (χ1) is 5.27. The van der Waals surface area contributed by atoms with E-state index in [2.05, 4.69) is 18.4 Å². The van der Waals surface area contributed by atoms with Gasteiger partial charge in [0.1, 0.15) is 0 Å². The molecule has 0 radical (unpaired) electrons. The molecule has 0 N–H and O–H groups in total. The van der Waals surface area contributed by atoms with Gasteiger partial charge < -0.3 is 4.90 Å². The fourth-order valence-corrected chi connectivity index (χ4v) is 2.53. The Balaban J connectivity index is 2.08. The van der Waals surface area contributed by atoms with Gasteiger partial charge in [-0.1, -0.05) is 6.58 Å². The average molecular weight is 151 g/mol. The lowest BCUT2D eigenvalue weighted by molar-refractivity contribution is 0.0799. The predicted molar refractivity (Wildman–Crippen MR) is 47.3 cm³/mol. The Kier molecular flexibility index (Phi) is 1.67. The van der Waals surface area contributed by atoms with Crippen LogP contribution in [0.3, 0.4) is 0 Å². The Morgan fingerprint density at radius 2 is 1.91 bits per heavy atom. The first-order valence-electron chi connectivity index (χ1n) is 4.69. The molecule has 0 aromatic rings. The summed E-state index contributed by atoms with van der Waals surface area (Å²) in [5.74, 6) is 0.983. The topological polar surface area (TPSA) is 3.24 Å². The Morgan fingerprint density at radius 3 is 2.18 bits per heavy atom. The third-order valence-electron chi connectivity index (χ3n) is 3.20. The molecule has 1 aliphatic carbocycles. The van der Waals surface area contributed by atoms with Crippen LogP contribution in [0.15, 0.2) is 12.3 Å².